The molecule has 0 aliphatic heterocycles. The van der Waals surface area contributed by atoms with E-state index in [1.807, 2.05) is 81.4 Å². The highest BCUT2D eigenvalue weighted by molar-refractivity contribution is 6.05. The Morgan fingerprint density at radius 2 is 1.61 bits per heavy atom. The molecule has 3 amide bonds. The maximum atomic E-state index is 12.5. The number of hydrogen-bond donors (Lipinski definition) is 3. The fraction of sp³-hybridized carbons (Fsp3) is 0.200. The molecule has 6 heteroatoms. The van der Waals surface area contributed by atoms with E-state index in [-0.39, 0.29) is 18.0 Å². The summed E-state index contributed by atoms with van der Waals surface area (Å²) in [5.41, 5.74) is 3.58. The molecular weight excluding hydrogens is 390 g/mol. The molecule has 0 saturated carbocycles. The van der Waals surface area contributed by atoms with Crippen molar-refractivity contribution in [3.63, 3.8) is 0 Å². The minimum atomic E-state index is -0.341. The molecule has 0 aromatic heterocycles. The highest BCUT2D eigenvalue weighted by Gasteiger charge is 2.11. The van der Waals surface area contributed by atoms with Crippen molar-refractivity contribution in [3.8, 4) is 5.75 Å². The first-order valence-corrected chi connectivity index (χ1v) is 10.2. The molecule has 3 aromatic rings. The molecule has 0 fully saturated rings. The van der Waals surface area contributed by atoms with Crippen molar-refractivity contribution in [2.45, 2.75) is 33.4 Å². The van der Waals surface area contributed by atoms with Gasteiger partial charge in [-0.2, -0.15) is 0 Å². The number of urea groups is 1. The summed E-state index contributed by atoms with van der Waals surface area (Å²) in [5.74, 6) is 0.558. The highest BCUT2D eigenvalue weighted by atomic mass is 16.5. The molecule has 0 aliphatic rings. The Kier molecular flexibility index (Phi) is 7.27. The van der Waals surface area contributed by atoms with Crippen LogP contribution in [0.5, 0.6) is 5.75 Å². The third-order valence-electron chi connectivity index (χ3n) is 4.53. The van der Waals surface area contributed by atoms with Crippen molar-refractivity contribution >= 4 is 23.3 Å². The lowest BCUT2D eigenvalue weighted by Crippen LogP contribution is -2.28. The number of hydrogen-bond acceptors (Lipinski definition) is 3. The van der Waals surface area contributed by atoms with Crippen LogP contribution >= 0.6 is 0 Å². The van der Waals surface area contributed by atoms with Gasteiger partial charge in [-0.1, -0.05) is 36.4 Å². The topological polar surface area (TPSA) is 79.5 Å². The van der Waals surface area contributed by atoms with Gasteiger partial charge in [-0.25, -0.2) is 4.79 Å². The first-order chi connectivity index (χ1) is 14.9. The Bertz CT molecular complexity index is 1030. The fourth-order valence-electron chi connectivity index (χ4n) is 2.93. The van der Waals surface area contributed by atoms with Gasteiger partial charge < -0.3 is 20.7 Å². The Hall–Kier alpha value is -3.80. The van der Waals surface area contributed by atoms with E-state index in [2.05, 4.69) is 16.0 Å². The van der Waals surface area contributed by atoms with Crippen LogP contribution < -0.4 is 20.7 Å². The van der Waals surface area contributed by atoms with Crippen LogP contribution in [0.15, 0.2) is 72.8 Å². The molecule has 0 atom stereocenters. The minimum absolute atomic E-state index is 0.114. The number of carbonyl (C=O) groups is 2. The zero-order valence-electron chi connectivity index (χ0n) is 17.9. The van der Waals surface area contributed by atoms with Crippen molar-refractivity contribution in [1.29, 1.82) is 0 Å². The average molecular weight is 418 g/mol. The maximum absolute atomic E-state index is 12.5. The van der Waals surface area contributed by atoms with E-state index in [1.54, 1.807) is 12.1 Å². The van der Waals surface area contributed by atoms with Crippen LogP contribution in [0.1, 0.15) is 35.3 Å². The standard InChI is InChI=1S/C25H27N3O3/c1-17(2)31-22-13-10-19(11-14-22)16-26-25(30)28-23-15-20(12-9-18(23)3)24(29)27-21-7-5-4-6-8-21/h4-15,17H,16H2,1-3H3,(H,27,29)(H2,26,28,30). The zero-order valence-corrected chi connectivity index (χ0v) is 17.9. The normalized spacial score (nSPS) is 10.5. The van der Waals surface area contributed by atoms with Gasteiger partial charge in [0.05, 0.1) is 6.10 Å². The van der Waals surface area contributed by atoms with Gasteiger partial charge in [0, 0.05) is 23.5 Å². The number of rotatable bonds is 7. The minimum Gasteiger partial charge on any atom is -0.491 e. The second-order valence-corrected chi connectivity index (χ2v) is 7.47. The summed E-state index contributed by atoms with van der Waals surface area (Å²) in [4.78, 5) is 24.9. The van der Waals surface area contributed by atoms with Gasteiger partial charge >= 0.3 is 6.03 Å². The summed E-state index contributed by atoms with van der Waals surface area (Å²) in [6, 6.07) is 21.7. The molecule has 6 nitrogen and oxygen atoms in total. The van der Waals surface area contributed by atoms with Crippen molar-refractivity contribution in [2.75, 3.05) is 10.6 Å². The summed E-state index contributed by atoms with van der Waals surface area (Å²) in [5, 5.41) is 8.50. The summed E-state index contributed by atoms with van der Waals surface area (Å²) in [6.07, 6.45) is 0.114. The van der Waals surface area contributed by atoms with Crippen molar-refractivity contribution in [3.05, 3.63) is 89.5 Å². The number of nitrogens with one attached hydrogen (secondary N) is 3. The quantitative estimate of drug-likeness (QED) is 0.484. The average Bonchev–Trinajstić information content (AvgIpc) is 2.75. The summed E-state index contributed by atoms with van der Waals surface area (Å²) < 4.78 is 5.62. The molecule has 0 unspecified atom stereocenters. The monoisotopic (exact) mass is 417 g/mol. The number of amides is 3. The predicted octanol–water partition coefficient (Wildman–Crippen LogP) is 5.36. The van der Waals surface area contributed by atoms with Crippen LogP contribution in [0.25, 0.3) is 0 Å². The summed E-state index contributed by atoms with van der Waals surface area (Å²) in [7, 11) is 0. The van der Waals surface area contributed by atoms with E-state index in [0.29, 0.717) is 23.5 Å². The molecule has 160 valence electrons. The highest BCUT2D eigenvalue weighted by Crippen LogP contribution is 2.19. The lowest BCUT2D eigenvalue weighted by atomic mass is 10.1. The van der Waals surface area contributed by atoms with Gasteiger partial charge in [-0.15, -0.1) is 0 Å². The number of anilines is 2. The van der Waals surface area contributed by atoms with Gasteiger partial charge in [0.15, 0.2) is 0 Å². The van der Waals surface area contributed by atoms with Gasteiger partial charge in [-0.05, 0) is 68.3 Å². The van der Waals surface area contributed by atoms with Gasteiger partial charge in [-0.3, -0.25) is 4.79 Å². The van der Waals surface area contributed by atoms with Crippen molar-refractivity contribution in [1.82, 2.24) is 5.32 Å². The van der Waals surface area contributed by atoms with Crippen LogP contribution in [-0.4, -0.2) is 18.0 Å². The SMILES string of the molecule is Cc1ccc(C(=O)Nc2ccccc2)cc1NC(=O)NCc1ccc(OC(C)C)cc1. The molecule has 3 N–H and O–H groups in total. The molecule has 0 heterocycles. The summed E-state index contributed by atoms with van der Waals surface area (Å²) in [6.45, 7) is 6.20. The van der Waals surface area contributed by atoms with Crippen LogP contribution in [0.3, 0.4) is 0 Å². The molecule has 0 radical (unpaired) electrons. The third kappa shape index (κ3) is 6.60. The fourth-order valence-corrected chi connectivity index (χ4v) is 2.93. The zero-order chi connectivity index (χ0) is 22.2. The molecule has 3 rings (SSSR count). The Balaban J connectivity index is 1.58. The molecule has 3 aromatic carbocycles. The largest absolute Gasteiger partial charge is 0.491 e. The molecule has 0 bridgehead atoms. The van der Waals surface area contributed by atoms with E-state index in [0.717, 1.165) is 16.9 Å². The molecular formula is C25H27N3O3. The number of para-hydroxylation sites is 1. The lowest BCUT2D eigenvalue weighted by molar-refractivity contribution is 0.102. The predicted molar refractivity (Wildman–Crippen MR) is 124 cm³/mol. The Morgan fingerprint density at radius 1 is 0.903 bits per heavy atom. The molecule has 31 heavy (non-hydrogen) atoms. The smallest absolute Gasteiger partial charge is 0.319 e. The van der Waals surface area contributed by atoms with E-state index in [4.69, 9.17) is 4.74 Å². The Labute approximate surface area is 182 Å². The lowest BCUT2D eigenvalue weighted by Gasteiger charge is -2.13. The van der Waals surface area contributed by atoms with E-state index >= 15 is 0 Å². The van der Waals surface area contributed by atoms with Gasteiger partial charge in [0.25, 0.3) is 5.91 Å². The van der Waals surface area contributed by atoms with Crippen LogP contribution in [0.4, 0.5) is 16.2 Å². The van der Waals surface area contributed by atoms with Crippen LogP contribution in [-0.2, 0) is 6.54 Å². The number of benzene rings is 3. The van der Waals surface area contributed by atoms with Gasteiger partial charge in [0.1, 0.15) is 5.75 Å². The second kappa shape index (κ2) is 10.3. The second-order valence-electron chi connectivity index (χ2n) is 7.47. The first-order valence-electron chi connectivity index (χ1n) is 10.2. The van der Waals surface area contributed by atoms with Crippen LogP contribution in [0.2, 0.25) is 0 Å². The Morgan fingerprint density at radius 3 is 2.29 bits per heavy atom. The van der Waals surface area contributed by atoms with E-state index in [1.165, 1.54) is 0 Å². The maximum Gasteiger partial charge on any atom is 0.319 e. The van der Waals surface area contributed by atoms with E-state index < -0.39 is 0 Å². The third-order valence-corrected chi connectivity index (χ3v) is 4.53. The summed E-state index contributed by atoms with van der Waals surface area (Å²) >= 11 is 0. The van der Waals surface area contributed by atoms with Gasteiger partial charge in [0.2, 0.25) is 0 Å². The molecule has 0 aliphatic carbocycles. The number of aryl methyl sites for hydroxylation is 1. The number of ether oxygens (including phenoxy) is 1. The van der Waals surface area contributed by atoms with Crippen LogP contribution in [0, 0.1) is 6.92 Å². The van der Waals surface area contributed by atoms with E-state index in [9.17, 15) is 9.59 Å². The van der Waals surface area contributed by atoms with Crippen molar-refractivity contribution < 1.29 is 14.3 Å². The molecule has 0 saturated heterocycles. The molecule has 0 spiro atoms. The van der Waals surface area contributed by atoms with Crippen molar-refractivity contribution in [2.24, 2.45) is 0 Å². The first kappa shape index (κ1) is 21.9. The number of carbonyl (C=O) groups excluding carboxylic acids is 2.